The zero-order valence-electron chi connectivity index (χ0n) is 35.1. The summed E-state index contributed by atoms with van der Waals surface area (Å²) in [5.41, 5.74) is 7.19. The number of aromatic nitrogens is 4. The first-order valence-electron chi connectivity index (χ1n) is 21.1. The van der Waals surface area contributed by atoms with Gasteiger partial charge in [-0.25, -0.2) is 19.6 Å². The average molecular weight is 853 g/mol. The second-order valence-electron chi connectivity index (χ2n) is 16.1. The number of carboxylic acid groups (broad SMARTS) is 1. The third kappa shape index (κ3) is 7.93. The van der Waals surface area contributed by atoms with Gasteiger partial charge in [-0.05, 0) is 78.4 Å². The van der Waals surface area contributed by atoms with Crippen molar-refractivity contribution in [3.63, 3.8) is 0 Å². The Labute approximate surface area is 363 Å². The van der Waals surface area contributed by atoms with Crippen LogP contribution in [0.5, 0.6) is 5.75 Å². The summed E-state index contributed by atoms with van der Waals surface area (Å²) in [4.78, 5) is 71.1. The van der Waals surface area contributed by atoms with Crippen molar-refractivity contribution < 1.29 is 38.5 Å². The van der Waals surface area contributed by atoms with Crippen LogP contribution in [0.1, 0.15) is 73.5 Å². The highest BCUT2D eigenvalue weighted by atomic mass is 16.5. The topological polar surface area (TPSA) is 204 Å². The molecule has 4 aromatic carbocycles. The SMILES string of the molecule is COC(=O)NC(C(=O)N1CCC[C@H]1c1ncc(-c2ccc3c(c2)COc2c-3ccc3cc(-c4cnc([C@@H]5CCCN5C(=O)C(NC(=O)O)c5ccccc5)[nH]4)ccc23)[nH]1)C(C)OC. The molecule has 3 unspecified atom stereocenters. The Balaban J connectivity index is 0.914. The van der Waals surface area contributed by atoms with Crippen molar-refractivity contribution in [2.24, 2.45) is 0 Å². The molecule has 2 saturated heterocycles. The van der Waals surface area contributed by atoms with Crippen LogP contribution in [0.15, 0.2) is 91.3 Å². The number of aromatic amines is 2. The minimum atomic E-state index is -1.26. The van der Waals surface area contributed by atoms with Crippen LogP contribution in [0.4, 0.5) is 9.59 Å². The number of methoxy groups -OCH3 is 2. The zero-order chi connectivity index (χ0) is 43.8. The highest BCUT2D eigenvalue weighted by molar-refractivity contribution is 5.98. The molecule has 63 heavy (non-hydrogen) atoms. The number of carbonyl (C=O) groups excluding carboxylic acids is 3. The summed E-state index contributed by atoms with van der Waals surface area (Å²) in [5, 5.41) is 16.6. The maximum Gasteiger partial charge on any atom is 0.407 e. The van der Waals surface area contributed by atoms with Gasteiger partial charge in [-0.15, -0.1) is 0 Å². The van der Waals surface area contributed by atoms with Gasteiger partial charge in [-0.3, -0.25) is 9.59 Å². The van der Waals surface area contributed by atoms with Crippen LogP contribution in [0.2, 0.25) is 0 Å². The highest BCUT2D eigenvalue weighted by Gasteiger charge is 2.39. The molecular weight excluding hydrogens is 805 g/mol. The van der Waals surface area contributed by atoms with E-state index in [9.17, 15) is 24.3 Å². The fraction of sp³-hybridized carbons (Fsp3) is 0.319. The lowest BCUT2D eigenvalue weighted by Gasteiger charge is -2.30. The van der Waals surface area contributed by atoms with Crippen molar-refractivity contribution in [3.05, 3.63) is 114 Å². The van der Waals surface area contributed by atoms with E-state index in [1.807, 2.05) is 12.1 Å². The Morgan fingerprint density at radius 3 is 2.08 bits per heavy atom. The van der Waals surface area contributed by atoms with E-state index < -0.39 is 30.4 Å². The van der Waals surface area contributed by atoms with Gasteiger partial charge in [0.2, 0.25) is 5.91 Å². The number of alkyl carbamates (subject to hydrolysis) is 1. The summed E-state index contributed by atoms with van der Waals surface area (Å²) in [6.07, 6.45) is 4.03. The van der Waals surface area contributed by atoms with Crippen molar-refractivity contribution in [1.82, 2.24) is 40.4 Å². The Morgan fingerprint density at radius 1 is 0.794 bits per heavy atom. The second kappa shape index (κ2) is 17.3. The molecule has 0 saturated carbocycles. The lowest BCUT2D eigenvalue weighted by molar-refractivity contribution is -0.137. The van der Waals surface area contributed by atoms with Gasteiger partial charge in [0.25, 0.3) is 5.91 Å². The number of nitrogens with zero attached hydrogens (tertiary/aromatic N) is 4. The Morgan fingerprint density at radius 2 is 1.43 bits per heavy atom. The smallest absolute Gasteiger partial charge is 0.407 e. The van der Waals surface area contributed by atoms with E-state index in [4.69, 9.17) is 24.2 Å². The number of hydrogen-bond donors (Lipinski definition) is 5. The van der Waals surface area contributed by atoms with Crippen LogP contribution in [0.3, 0.4) is 0 Å². The number of imidazole rings is 2. The predicted octanol–water partition coefficient (Wildman–Crippen LogP) is 7.27. The number of amides is 4. The van der Waals surface area contributed by atoms with Crippen LogP contribution in [0, 0.1) is 0 Å². The summed E-state index contributed by atoms with van der Waals surface area (Å²) in [5.74, 6) is 1.57. The minimum absolute atomic E-state index is 0.257. The molecule has 4 amide bonds. The lowest BCUT2D eigenvalue weighted by Crippen LogP contribution is -2.54. The Bertz CT molecular complexity index is 2700. The zero-order valence-corrected chi connectivity index (χ0v) is 35.1. The van der Waals surface area contributed by atoms with Gasteiger partial charge in [0.15, 0.2) is 0 Å². The van der Waals surface area contributed by atoms with E-state index in [1.54, 1.807) is 53.4 Å². The second-order valence-corrected chi connectivity index (χ2v) is 16.1. The summed E-state index contributed by atoms with van der Waals surface area (Å²) >= 11 is 0. The van der Waals surface area contributed by atoms with E-state index >= 15 is 0 Å². The van der Waals surface area contributed by atoms with Crippen LogP contribution < -0.4 is 15.4 Å². The molecule has 16 heteroatoms. The van der Waals surface area contributed by atoms with Crippen molar-refractivity contribution in [2.45, 2.75) is 69.5 Å². The van der Waals surface area contributed by atoms with Crippen LogP contribution in [-0.2, 0) is 25.7 Å². The van der Waals surface area contributed by atoms with E-state index in [0.29, 0.717) is 43.3 Å². The van der Waals surface area contributed by atoms with Gasteiger partial charge < -0.3 is 49.7 Å². The molecule has 3 aliphatic rings. The fourth-order valence-electron chi connectivity index (χ4n) is 9.17. The number of hydrogen-bond acceptors (Lipinski definition) is 9. The number of nitrogens with one attached hydrogen (secondary N) is 4. The number of likely N-dealkylation sites (tertiary alicyclic amines) is 2. The first kappa shape index (κ1) is 41.2. The number of benzene rings is 4. The molecule has 0 radical (unpaired) electrons. The van der Waals surface area contributed by atoms with Gasteiger partial charge in [0, 0.05) is 36.7 Å². The molecule has 2 aromatic heterocycles. The standard InChI is InChI=1S/C47H48N8O8/c1-26(61-2)39(53-47(60)62-3)44(56)54-19-7-11-37(54)42-49-24-36(51-42)30-14-16-32-31(22-30)25-63-41-33-17-15-29(21-28(33)13-18-34(32)41)35-23-48-43(50-35)38-12-8-20-55(38)45(57)40(52-46(58)59)27-9-5-4-6-10-27/h4-6,9-10,13-18,21-24,26,37-40,52H,7-8,11-12,19-20,25H2,1-3H3,(H,48,50)(H,49,51)(H,53,60)(H,58,59)/t26?,37-,38-,39?,40?/m0/s1. The quantitative estimate of drug-likeness (QED) is 0.0882. The van der Waals surface area contributed by atoms with Crippen molar-refractivity contribution >= 4 is 34.8 Å². The molecule has 5 atom stereocenters. The summed E-state index contributed by atoms with van der Waals surface area (Å²) in [6, 6.07) is 23.0. The number of fused-ring (bicyclic) bond motifs is 5. The molecule has 9 rings (SSSR count). The molecule has 5 heterocycles. The molecule has 6 aromatic rings. The lowest BCUT2D eigenvalue weighted by atomic mass is 9.92. The number of rotatable bonds is 11. The van der Waals surface area contributed by atoms with Crippen LogP contribution in [0.25, 0.3) is 44.4 Å². The molecule has 3 aliphatic heterocycles. The van der Waals surface area contributed by atoms with E-state index in [-0.39, 0.29) is 23.9 Å². The highest BCUT2D eigenvalue weighted by Crippen LogP contribution is 2.44. The third-order valence-corrected chi connectivity index (χ3v) is 12.5. The van der Waals surface area contributed by atoms with Gasteiger partial charge in [0.05, 0.1) is 49.1 Å². The molecule has 16 nitrogen and oxygen atoms in total. The molecular formula is C47H48N8O8. The van der Waals surface area contributed by atoms with Gasteiger partial charge in [-0.2, -0.15) is 0 Å². The first-order valence-corrected chi connectivity index (χ1v) is 21.1. The molecule has 324 valence electrons. The third-order valence-electron chi connectivity index (χ3n) is 12.5. The first-order chi connectivity index (χ1) is 30.6. The van der Waals surface area contributed by atoms with E-state index in [1.165, 1.54) is 14.2 Å². The predicted molar refractivity (Wildman–Crippen MR) is 232 cm³/mol. The van der Waals surface area contributed by atoms with E-state index in [2.05, 4.69) is 63.1 Å². The van der Waals surface area contributed by atoms with Gasteiger partial charge in [0.1, 0.15) is 36.1 Å². The molecule has 5 N–H and O–H groups in total. The maximum absolute atomic E-state index is 13.8. The molecule has 0 spiro atoms. The van der Waals surface area contributed by atoms with Crippen molar-refractivity contribution in [1.29, 1.82) is 0 Å². The number of H-pyrrole nitrogens is 2. The summed E-state index contributed by atoms with van der Waals surface area (Å²) in [7, 11) is 2.75. The average Bonchev–Trinajstić information content (AvgIpc) is 4.16. The monoisotopic (exact) mass is 852 g/mol. The largest absolute Gasteiger partial charge is 0.488 e. The van der Waals surface area contributed by atoms with Gasteiger partial charge in [-0.1, -0.05) is 60.7 Å². The summed E-state index contributed by atoms with van der Waals surface area (Å²) < 4.78 is 16.7. The summed E-state index contributed by atoms with van der Waals surface area (Å²) in [6.45, 7) is 3.14. The molecule has 0 aliphatic carbocycles. The Hall–Kier alpha value is -7.20. The Kier molecular flexibility index (Phi) is 11.3. The fourth-order valence-corrected chi connectivity index (χ4v) is 9.17. The van der Waals surface area contributed by atoms with Crippen LogP contribution in [-0.4, -0.2) is 98.3 Å². The van der Waals surface area contributed by atoms with Crippen molar-refractivity contribution in [3.8, 4) is 39.4 Å². The minimum Gasteiger partial charge on any atom is -0.488 e. The molecule has 0 bridgehead atoms. The number of carbonyl (C=O) groups is 4. The van der Waals surface area contributed by atoms with E-state index in [0.717, 1.165) is 75.0 Å². The molecule has 2 fully saturated rings. The maximum atomic E-state index is 13.8. The van der Waals surface area contributed by atoms with Crippen molar-refractivity contribution in [2.75, 3.05) is 27.3 Å². The van der Waals surface area contributed by atoms with Crippen LogP contribution >= 0.6 is 0 Å². The van der Waals surface area contributed by atoms with Gasteiger partial charge >= 0.3 is 12.2 Å². The number of ether oxygens (including phenoxy) is 3. The normalized spacial score (nSPS) is 18.2.